The highest BCUT2D eigenvalue weighted by atomic mass is 19.1. The molecule has 0 amide bonds. The van der Waals surface area contributed by atoms with Crippen molar-refractivity contribution in [3.8, 4) is 16.9 Å². The van der Waals surface area contributed by atoms with Crippen molar-refractivity contribution in [1.29, 1.82) is 0 Å². The molecule has 1 aromatic carbocycles. The summed E-state index contributed by atoms with van der Waals surface area (Å²) in [5, 5.41) is 4.10. The van der Waals surface area contributed by atoms with E-state index in [1.54, 1.807) is 23.1 Å². The van der Waals surface area contributed by atoms with Crippen molar-refractivity contribution in [2.75, 3.05) is 0 Å². The van der Waals surface area contributed by atoms with E-state index in [-0.39, 0.29) is 5.82 Å². The Bertz CT molecular complexity index is 894. The first-order valence-corrected chi connectivity index (χ1v) is 6.39. The lowest BCUT2D eigenvalue weighted by Crippen LogP contribution is -1.96. The predicted molar refractivity (Wildman–Crippen MR) is 75.5 cm³/mol. The maximum Gasteiger partial charge on any atom is 0.138 e. The van der Waals surface area contributed by atoms with Crippen molar-refractivity contribution in [1.82, 2.24) is 24.1 Å². The van der Waals surface area contributed by atoms with Crippen LogP contribution in [0, 0.1) is 5.82 Å². The molecule has 0 spiro atoms. The molecule has 3 heterocycles. The van der Waals surface area contributed by atoms with E-state index in [1.807, 2.05) is 28.9 Å². The third kappa shape index (κ3) is 2.06. The molecule has 0 aliphatic heterocycles. The average Bonchev–Trinajstić information content (AvgIpc) is 3.16. The minimum atomic E-state index is -0.254. The van der Waals surface area contributed by atoms with Gasteiger partial charge < -0.3 is 4.40 Å². The molecule has 4 aromatic rings. The molecule has 0 aliphatic carbocycles. The summed E-state index contributed by atoms with van der Waals surface area (Å²) in [6.07, 6.45) is 6.95. The van der Waals surface area contributed by atoms with Gasteiger partial charge in [-0.15, -0.1) is 0 Å². The van der Waals surface area contributed by atoms with Gasteiger partial charge in [-0.3, -0.25) is 0 Å². The lowest BCUT2D eigenvalue weighted by Gasteiger charge is -2.00. The van der Waals surface area contributed by atoms with E-state index in [4.69, 9.17) is 0 Å². The summed E-state index contributed by atoms with van der Waals surface area (Å²) in [6, 6.07) is 10.1. The zero-order valence-electron chi connectivity index (χ0n) is 10.9. The second kappa shape index (κ2) is 4.52. The van der Waals surface area contributed by atoms with Gasteiger partial charge in [-0.1, -0.05) is 0 Å². The minimum Gasteiger partial charge on any atom is -0.304 e. The fraction of sp³-hybridized carbons (Fsp3) is 0. The summed E-state index contributed by atoms with van der Waals surface area (Å²) in [6.45, 7) is 0. The molecule has 21 heavy (non-hydrogen) atoms. The van der Waals surface area contributed by atoms with Crippen molar-refractivity contribution in [3.63, 3.8) is 0 Å². The van der Waals surface area contributed by atoms with Crippen LogP contribution < -0.4 is 0 Å². The number of aromatic nitrogens is 5. The van der Waals surface area contributed by atoms with Crippen LogP contribution in [0.4, 0.5) is 4.39 Å². The Labute approximate surface area is 119 Å². The van der Waals surface area contributed by atoms with E-state index in [1.165, 1.54) is 18.5 Å². The van der Waals surface area contributed by atoms with Gasteiger partial charge in [-0.25, -0.2) is 19.0 Å². The molecule has 5 nitrogen and oxygen atoms in total. The van der Waals surface area contributed by atoms with Crippen molar-refractivity contribution in [3.05, 3.63) is 67.3 Å². The van der Waals surface area contributed by atoms with Gasteiger partial charge in [-0.05, 0) is 36.4 Å². The molecule has 3 aromatic heterocycles. The molecule has 0 aliphatic rings. The Kier molecular flexibility index (Phi) is 2.53. The zero-order chi connectivity index (χ0) is 14.2. The van der Waals surface area contributed by atoms with Gasteiger partial charge in [0.25, 0.3) is 0 Å². The summed E-state index contributed by atoms with van der Waals surface area (Å²) in [5.41, 5.74) is 3.38. The number of pyridine rings is 1. The fourth-order valence-corrected chi connectivity index (χ4v) is 2.22. The molecule has 102 valence electrons. The van der Waals surface area contributed by atoms with Crippen LogP contribution in [0.3, 0.4) is 0 Å². The minimum absolute atomic E-state index is 0.254. The van der Waals surface area contributed by atoms with Crippen LogP contribution >= 0.6 is 0 Å². The molecule has 0 radical (unpaired) electrons. The average molecular weight is 279 g/mol. The number of hydrogen-bond donors (Lipinski definition) is 0. The van der Waals surface area contributed by atoms with E-state index in [2.05, 4.69) is 15.1 Å². The number of halogens is 1. The quantitative estimate of drug-likeness (QED) is 0.567. The third-order valence-corrected chi connectivity index (χ3v) is 3.26. The standard InChI is InChI=1S/C15H10FN5/c16-12-3-1-11(2-4-12)14-8-20-7-13(5-6-15(20)19-14)21-10-17-9-18-21/h1-10H. The van der Waals surface area contributed by atoms with Gasteiger partial charge in [0.05, 0.1) is 11.4 Å². The van der Waals surface area contributed by atoms with Crippen molar-refractivity contribution in [2.24, 2.45) is 0 Å². The highest BCUT2D eigenvalue weighted by Gasteiger charge is 2.06. The van der Waals surface area contributed by atoms with Gasteiger partial charge in [0.15, 0.2) is 0 Å². The number of hydrogen-bond acceptors (Lipinski definition) is 3. The van der Waals surface area contributed by atoms with Crippen molar-refractivity contribution in [2.45, 2.75) is 0 Å². The lowest BCUT2D eigenvalue weighted by molar-refractivity contribution is 0.628. The van der Waals surface area contributed by atoms with Gasteiger partial charge in [-0.2, -0.15) is 5.10 Å². The molecule has 0 fully saturated rings. The van der Waals surface area contributed by atoms with E-state index < -0.39 is 0 Å². The maximum absolute atomic E-state index is 13.0. The Balaban J connectivity index is 1.81. The highest BCUT2D eigenvalue weighted by molar-refractivity contribution is 5.63. The van der Waals surface area contributed by atoms with Crippen LogP contribution in [0.25, 0.3) is 22.6 Å². The third-order valence-electron chi connectivity index (χ3n) is 3.26. The predicted octanol–water partition coefficient (Wildman–Crippen LogP) is 2.72. The van der Waals surface area contributed by atoms with Crippen molar-refractivity contribution >= 4 is 5.65 Å². The Morgan fingerprint density at radius 3 is 2.57 bits per heavy atom. The first-order chi connectivity index (χ1) is 10.3. The largest absolute Gasteiger partial charge is 0.304 e. The second-order valence-electron chi connectivity index (χ2n) is 4.63. The summed E-state index contributed by atoms with van der Waals surface area (Å²) in [4.78, 5) is 8.46. The van der Waals surface area contributed by atoms with Crippen molar-refractivity contribution < 1.29 is 4.39 Å². The van der Waals surface area contributed by atoms with Crippen LogP contribution in [0.1, 0.15) is 0 Å². The van der Waals surface area contributed by atoms with E-state index in [0.717, 1.165) is 22.6 Å². The summed E-state index contributed by atoms with van der Waals surface area (Å²) in [5.74, 6) is -0.254. The summed E-state index contributed by atoms with van der Waals surface area (Å²) >= 11 is 0. The first kappa shape index (κ1) is 11.8. The smallest absolute Gasteiger partial charge is 0.138 e. The Hall–Kier alpha value is -3.02. The van der Waals surface area contributed by atoms with Gasteiger partial charge in [0.2, 0.25) is 0 Å². The normalized spacial score (nSPS) is 11.1. The maximum atomic E-state index is 13.0. The number of nitrogens with zero attached hydrogens (tertiary/aromatic N) is 5. The molecule has 0 saturated heterocycles. The monoisotopic (exact) mass is 279 g/mol. The molecule has 4 rings (SSSR count). The molecule has 0 N–H and O–H groups in total. The number of imidazole rings is 1. The molecule has 6 heteroatoms. The fourth-order valence-electron chi connectivity index (χ4n) is 2.22. The molecule has 0 saturated carbocycles. The van der Waals surface area contributed by atoms with E-state index in [9.17, 15) is 4.39 Å². The Morgan fingerprint density at radius 2 is 1.81 bits per heavy atom. The topological polar surface area (TPSA) is 48.0 Å². The summed E-state index contributed by atoms with van der Waals surface area (Å²) in [7, 11) is 0. The van der Waals surface area contributed by atoms with Gasteiger partial charge in [0.1, 0.15) is 24.1 Å². The van der Waals surface area contributed by atoms with Gasteiger partial charge >= 0.3 is 0 Å². The number of rotatable bonds is 2. The number of fused-ring (bicyclic) bond motifs is 1. The van der Waals surface area contributed by atoms with Gasteiger partial charge in [0, 0.05) is 18.0 Å². The second-order valence-corrected chi connectivity index (χ2v) is 4.63. The highest BCUT2D eigenvalue weighted by Crippen LogP contribution is 2.20. The molecular weight excluding hydrogens is 269 g/mol. The van der Waals surface area contributed by atoms with Crippen LogP contribution in [0.5, 0.6) is 0 Å². The lowest BCUT2D eigenvalue weighted by atomic mass is 10.2. The van der Waals surface area contributed by atoms with Crippen LogP contribution in [-0.2, 0) is 0 Å². The van der Waals surface area contributed by atoms with Crippen LogP contribution in [0.15, 0.2) is 61.4 Å². The van der Waals surface area contributed by atoms with E-state index >= 15 is 0 Å². The molecule has 0 bridgehead atoms. The Morgan fingerprint density at radius 1 is 0.952 bits per heavy atom. The zero-order valence-corrected chi connectivity index (χ0v) is 10.9. The first-order valence-electron chi connectivity index (χ1n) is 6.39. The molecular formula is C15H10FN5. The van der Waals surface area contributed by atoms with Crippen LogP contribution in [-0.4, -0.2) is 24.1 Å². The summed E-state index contributed by atoms with van der Waals surface area (Å²) < 4.78 is 16.6. The molecule has 0 unspecified atom stereocenters. The van der Waals surface area contributed by atoms with Crippen LogP contribution in [0.2, 0.25) is 0 Å². The van der Waals surface area contributed by atoms with E-state index in [0.29, 0.717) is 0 Å². The molecule has 0 atom stereocenters. The SMILES string of the molecule is Fc1ccc(-c2cn3cc(-n4cncn4)ccc3n2)cc1. The number of benzene rings is 1.